The molecule has 0 radical (unpaired) electrons. The molecule has 1 saturated heterocycles. The first-order valence-corrected chi connectivity index (χ1v) is 9.29. The Bertz CT molecular complexity index is 786. The van der Waals surface area contributed by atoms with E-state index < -0.39 is 0 Å². The van der Waals surface area contributed by atoms with Crippen LogP contribution in [-0.2, 0) is 4.79 Å². The number of nitrogens with zero attached hydrogens (tertiary/aromatic N) is 3. The van der Waals surface area contributed by atoms with Gasteiger partial charge in [-0.2, -0.15) is 0 Å². The zero-order valence-corrected chi connectivity index (χ0v) is 15.0. The average Bonchev–Trinajstić information content (AvgIpc) is 3.21. The second kappa shape index (κ2) is 7.32. The standard InChI is InChI=1S/C20H24N4O2/c1-14-12-17(14)18-7-5-16(26-18)6-8-19(25)23-15-4-2-11-24(13-15)20-21-9-3-10-22-20/h3,5-10,14-15,17H,2,4,11-13H2,1H3,(H,23,25)/b8-6-/t14-,15-,17+/m1/s1. The molecule has 26 heavy (non-hydrogen) atoms. The predicted molar refractivity (Wildman–Crippen MR) is 99.7 cm³/mol. The first kappa shape index (κ1) is 16.8. The van der Waals surface area contributed by atoms with Crippen LogP contribution in [0.25, 0.3) is 6.08 Å². The number of hydrogen-bond acceptors (Lipinski definition) is 5. The Labute approximate surface area is 153 Å². The number of anilines is 1. The van der Waals surface area contributed by atoms with E-state index in [2.05, 4.69) is 27.1 Å². The maximum atomic E-state index is 12.2. The molecule has 2 fully saturated rings. The summed E-state index contributed by atoms with van der Waals surface area (Å²) in [5, 5.41) is 3.07. The van der Waals surface area contributed by atoms with Gasteiger partial charge in [-0.3, -0.25) is 4.79 Å². The van der Waals surface area contributed by atoms with E-state index in [0.29, 0.717) is 11.8 Å². The van der Waals surface area contributed by atoms with Gasteiger partial charge in [-0.05, 0) is 49.5 Å². The van der Waals surface area contributed by atoms with E-state index >= 15 is 0 Å². The molecule has 0 bridgehead atoms. The quantitative estimate of drug-likeness (QED) is 0.838. The second-order valence-electron chi connectivity index (χ2n) is 7.24. The summed E-state index contributed by atoms with van der Waals surface area (Å²) < 4.78 is 5.80. The number of hydrogen-bond donors (Lipinski definition) is 1. The van der Waals surface area contributed by atoms with Gasteiger partial charge in [-0.1, -0.05) is 6.92 Å². The fraction of sp³-hybridized carbons (Fsp3) is 0.450. The molecule has 136 valence electrons. The molecule has 2 aromatic rings. The molecule has 3 atom stereocenters. The Hall–Kier alpha value is -2.63. The van der Waals surface area contributed by atoms with Crippen LogP contribution in [0.15, 0.2) is 41.1 Å². The topological polar surface area (TPSA) is 71.3 Å². The molecule has 0 unspecified atom stereocenters. The van der Waals surface area contributed by atoms with Gasteiger partial charge in [-0.15, -0.1) is 0 Å². The van der Waals surface area contributed by atoms with Gasteiger partial charge in [0.2, 0.25) is 11.9 Å². The molecule has 6 heteroatoms. The van der Waals surface area contributed by atoms with E-state index in [4.69, 9.17) is 4.42 Å². The maximum Gasteiger partial charge on any atom is 0.244 e. The van der Waals surface area contributed by atoms with E-state index in [9.17, 15) is 4.79 Å². The Balaban J connectivity index is 1.30. The number of piperidine rings is 1. The second-order valence-corrected chi connectivity index (χ2v) is 7.24. The molecule has 2 aromatic heterocycles. The number of furan rings is 1. The van der Waals surface area contributed by atoms with Gasteiger partial charge in [0, 0.05) is 43.5 Å². The molecule has 0 aromatic carbocycles. The summed E-state index contributed by atoms with van der Waals surface area (Å²) >= 11 is 0. The van der Waals surface area contributed by atoms with Crippen molar-refractivity contribution in [2.75, 3.05) is 18.0 Å². The van der Waals surface area contributed by atoms with E-state index in [-0.39, 0.29) is 11.9 Å². The van der Waals surface area contributed by atoms with Crippen LogP contribution in [0.2, 0.25) is 0 Å². The third kappa shape index (κ3) is 3.95. The van der Waals surface area contributed by atoms with Crippen molar-refractivity contribution in [2.45, 2.75) is 38.1 Å². The van der Waals surface area contributed by atoms with Gasteiger partial charge in [0.15, 0.2) is 0 Å². The first-order valence-electron chi connectivity index (χ1n) is 9.29. The lowest BCUT2D eigenvalue weighted by molar-refractivity contribution is -0.117. The lowest BCUT2D eigenvalue weighted by Crippen LogP contribution is -2.47. The monoisotopic (exact) mass is 352 g/mol. The van der Waals surface area contributed by atoms with Gasteiger partial charge in [0.05, 0.1) is 0 Å². The minimum atomic E-state index is -0.0939. The number of carbonyl (C=O) groups is 1. The highest BCUT2D eigenvalue weighted by molar-refractivity contribution is 5.91. The number of carbonyl (C=O) groups excluding carboxylic acids is 1. The van der Waals surface area contributed by atoms with E-state index in [1.54, 1.807) is 30.6 Å². The van der Waals surface area contributed by atoms with Crippen molar-refractivity contribution in [3.8, 4) is 0 Å². The van der Waals surface area contributed by atoms with Crippen molar-refractivity contribution in [3.05, 3.63) is 48.2 Å². The minimum absolute atomic E-state index is 0.0939. The molecule has 1 amide bonds. The molecule has 3 heterocycles. The molecular weight excluding hydrogens is 328 g/mol. The normalized spacial score (nSPS) is 25.4. The van der Waals surface area contributed by atoms with Crippen molar-refractivity contribution in [1.29, 1.82) is 0 Å². The molecule has 1 N–H and O–H groups in total. The molecule has 1 saturated carbocycles. The van der Waals surface area contributed by atoms with Crippen LogP contribution in [0.5, 0.6) is 0 Å². The highest BCUT2D eigenvalue weighted by Gasteiger charge is 2.36. The summed E-state index contributed by atoms with van der Waals surface area (Å²) in [6.45, 7) is 3.87. The van der Waals surface area contributed by atoms with E-state index in [0.717, 1.165) is 43.4 Å². The summed E-state index contributed by atoms with van der Waals surface area (Å²) in [5.41, 5.74) is 0. The third-order valence-corrected chi connectivity index (χ3v) is 5.12. The fourth-order valence-corrected chi connectivity index (χ4v) is 3.51. The lowest BCUT2D eigenvalue weighted by atomic mass is 10.1. The summed E-state index contributed by atoms with van der Waals surface area (Å²) in [7, 11) is 0. The fourth-order valence-electron chi connectivity index (χ4n) is 3.51. The molecule has 4 rings (SSSR count). The van der Waals surface area contributed by atoms with Crippen LogP contribution in [0.3, 0.4) is 0 Å². The molecule has 1 aliphatic heterocycles. The van der Waals surface area contributed by atoms with Crippen LogP contribution in [-0.4, -0.2) is 35.0 Å². The van der Waals surface area contributed by atoms with Gasteiger partial charge in [0.1, 0.15) is 11.5 Å². The SMILES string of the molecule is C[C@@H]1C[C@@H]1c1ccc(/C=C\C(=O)N[C@@H]2CCCN(c3ncccn3)C2)o1. The van der Waals surface area contributed by atoms with E-state index in [1.807, 2.05) is 12.1 Å². The Morgan fingerprint density at radius 2 is 2.15 bits per heavy atom. The summed E-state index contributed by atoms with van der Waals surface area (Å²) in [6, 6.07) is 5.86. The Morgan fingerprint density at radius 1 is 1.35 bits per heavy atom. The maximum absolute atomic E-state index is 12.2. The van der Waals surface area contributed by atoms with Crippen molar-refractivity contribution < 1.29 is 9.21 Å². The Morgan fingerprint density at radius 3 is 2.92 bits per heavy atom. The van der Waals surface area contributed by atoms with Crippen LogP contribution in [0.4, 0.5) is 5.95 Å². The molecule has 0 spiro atoms. The van der Waals surface area contributed by atoms with Crippen molar-refractivity contribution >= 4 is 17.9 Å². The summed E-state index contributed by atoms with van der Waals surface area (Å²) in [5.74, 6) is 3.66. The van der Waals surface area contributed by atoms with E-state index in [1.165, 1.54) is 6.42 Å². The molecule has 6 nitrogen and oxygen atoms in total. The summed E-state index contributed by atoms with van der Waals surface area (Å²) in [6.07, 6.45) is 9.95. The molecular formula is C20H24N4O2. The highest BCUT2D eigenvalue weighted by Crippen LogP contribution is 2.47. The number of nitrogens with one attached hydrogen (secondary N) is 1. The smallest absolute Gasteiger partial charge is 0.244 e. The van der Waals surface area contributed by atoms with Crippen LogP contribution in [0, 0.1) is 5.92 Å². The Kier molecular flexibility index (Phi) is 4.73. The van der Waals surface area contributed by atoms with Crippen LogP contribution in [0.1, 0.15) is 43.6 Å². The summed E-state index contributed by atoms with van der Waals surface area (Å²) in [4.78, 5) is 23.0. The average molecular weight is 352 g/mol. The lowest BCUT2D eigenvalue weighted by Gasteiger charge is -2.32. The van der Waals surface area contributed by atoms with Crippen molar-refractivity contribution in [3.63, 3.8) is 0 Å². The van der Waals surface area contributed by atoms with Gasteiger partial charge >= 0.3 is 0 Å². The predicted octanol–water partition coefficient (Wildman–Crippen LogP) is 2.99. The zero-order chi connectivity index (χ0) is 17.9. The van der Waals surface area contributed by atoms with Gasteiger partial charge in [0.25, 0.3) is 0 Å². The molecule has 2 aliphatic rings. The minimum Gasteiger partial charge on any atom is -0.461 e. The van der Waals surface area contributed by atoms with Crippen molar-refractivity contribution in [2.24, 2.45) is 5.92 Å². The zero-order valence-electron chi connectivity index (χ0n) is 15.0. The third-order valence-electron chi connectivity index (χ3n) is 5.12. The van der Waals surface area contributed by atoms with Crippen molar-refractivity contribution in [1.82, 2.24) is 15.3 Å². The van der Waals surface area contributed by atoms with Crippen LogP contribution < -0.4 is 10.2 Å². The number of aromatic nitrogens is 2. The number of rotatable bonds is 5. The number of amides is 1. The first-order chi connectivity index (χ1) is 12.7. The van der Waals surface area contributed by atoms with Gasteiger partial charge in [-0.25, -0.2) is 9.97 Å². The van der Waals surface area contributed by atoms with Crippen LogP contribution >= 0.6 is 0 Å². The molecule has 1 aliphatic carbocycles. The largest absolute Gasteiger partial charge is 0.461 e. The van der Waals surface area contributed by atoms with Gasteiger partial charge < -0.3 is 14.6 Å². The highest BCUT2D eigenvalue weighted by atomic mass is 16.3.